The highest BCUT2D eigenvalue weighted by molar-refractivity contribution is 5.99. The lowest BCUT2D eigenvalue weighted by atomic mass is 9.95. The number of nitrogens with zero attached hydrogens (tertiary/aromatic N) is 3. The fourth-order valence-electron chi connectivity index (χ4n) is 5.76. The zero-order valence-electron chi connectivity index (χ0n) is 25.6. The van der Waals surface area contributed by atoms with Crippen molar-refractivity contribution in [3.8, 4) is 17.0 Å². The molecule has 2 fully saturated rings. The van der Waals surface area contributed by atoms with Gasteiger partial charge in [-0.2, -0.15) is 26.3 Å². The third-order valence-electron chi connectivity index (χ3n) is 8.25. The average molecular weight is 711 g/mol. The third kappa shape index (κ3) is 7.13. The van der Waals surface area contributed by atoms with Crippen LogP contribution in [0.5, 0.6) is 5.75 Å². The van der Waals surface area contributed by atoms with Gasteiger partial charge in [-0.1, -0.05) is 18.2 Å². The Labute approximate surface area is 277 Å². The number of carboxylic acids is 1. The minimum Gasteiger partial charge on any atom is -0.490 e. The van der Waals surface area contributed by atoms with Gasteiger partial charge >= 0.3 is 18.3 Å². The van der Waals surface area contributed by atoms with E-state index in [-0.39, 0.29) is 41.3 Å². The van der Waals surface area contributed by atoms with E-state index in [0.717, 1.165) is 6.07 Å². The number of benzene rings is 2. The number of fused-ring (bicyclic) bond motifs is 1. The molecule has 1 aliphatic heterocycles. The van der Waals surface area contributed by atoms with Crippen molar-refractivity contribution in [1.29, 1.82) is 0 Å². The van der Waals surface area contributed by atoms with Crippen molar-refractivity contribution in [3.05, 3.63) is 83.2 Å². The maximum atomic E-state index is 15.2. The van der Waals surface area contributed by atoms with E-state index in [9.17, 15) is 41.0 Å². The molecule has 1 amide bonds. The average Bonchev–Trinajstić information content (AvgIpc) is 3.87. The molecular formula is C33H26F8N4O5. The summed E-state index contributed by atoms with van der Waals surface area (Å²) in [5.41, 5.74) is -3.12. The summed E-state index contributed by atoms with van der Waals surface area (Å²) in [5, 5.41) is 12.2. The van der Waals surface area contributed by atoms with Crippen LogP contribution in [0.2, 0.25) is 0 Å². The molecule has 2 aliphatic rings. The van der Waals surface area contributed by atoms with E-state index < -0.39 is 89.2 Å². The van der Waals surface area contributed by atoms with Gasteiger partial charge in [-0.05, 0) is 42.7 Å². The van der Waals surface area contributed by atoms with Crippen molar-refractivity contribution in [3.63, 3.8) is 0 Å². The summed E-state index contributed by atoms with van der Waals surface area (Å²) in [4.78, 5) is 34.2. The molecule has 2 aromatic carbocycles. The number of rotatable bonds is 9. The second kappa shape index (κ2) is 13.3. The summed E-state index contributed by atoms with van der Waals surface area (Å²) in [5.74, 6) is -6.59. The van der Waals surface area contributed by atoms with E-state index in [0.29, 0.717) is 29.9 Å². The monoisotopic (exact) mass is 710 g/mol. The summed E-state index contributed by atoms with van der Waals surface area (Å²) in [6.07, 6.45) is -6.81. The van der Waals surface area contributed by atoms with Crippen LogP contribution in [0.4, 0.5) is 40.8 Å². The largest absolute Gasteiger partial charge is 0.490 e. The topological polar surface area (TPSA) is 114 Å². The predicted molar refractivity (Wildman–Crippen MR) is 161 cm³/mol. The highest BCUT2D eigenvalue weighted by Crippen LogP contribution is 2.45. The Morgan fingerprint density at radius 2 is 1.74 bits per heavy atom. The SMILES string of the molecule is O=C(N[C@@H](Cc1ccc(-c2nccc(OC3CC3)c2C(F)(F)F)c2ncccc12)C(=O)O)c1c(F)cc(N2CCOC[C@@H]2C(F)(F)F)cc1F. The number of amides is 1. The summed E-state index contributed by atoms with van der Waals surface area (Å²) >= 11 is 0. The van der Waals surface area contributed by atoms with Gasteiger partial charge in [0.1, 0.15) is 40.6 Å². The second-order valence-corrected chi connectivity index (χ2v) is 11.7. The quantitative estimate of drug-likeness (QED) is 0.194. The number of carboxylic acid groups (broad SMARTS) is 1. The van der Waals surface area contributed by atoms with Gasteiger partial charge in [-0.3, -0.25) is 14.8 Å². The first-order chi connectivity index (χ1) is 23.6. The van der Waals surface area contributed by atoms with E-state index in [1.54, 1.807) is 0 Å². The van der Waals surface area contributed by atoms with E-state index in [1.807, 2.05) is 5.32 Å². The van der Waals surface area contributed by atoms with E-state index in [4.69, 9.17) is 9.47 Å². The maximum Gasteiger partial charge on any atom is 0.422 e. The third-order valence-corrected chi connectivity index (χ3v) is 8.25. The normalized spacial score (nSPS) is 17.4. The first-order valence-corrected chi connectivity index (χ1v) is 15.2. The van der Waals surface area contributed by atoms with Crippen LogP contribution in [0.1, 0.15) is 34.3 Å². The molecule has 264 valence electrons. The fraction of sp³-hybridized carbons (Fsp3) is 0.333. The number of nitrogens with one attached hydrogen (secondary N) is 1. The number of morpholine rings is 1. The number of aliphatic carboxylic acids is 1. The van der Waals surface area contributed by atoms with Crippen LogP contribution in [0.15, 0.2) is 54.9 Å². The van der Waals surface area contributed by atoms with Crippen molar-refractivity contribution >= 4 is 28.5 Å². The summed E-state index contributed by atoms with van der Waals surface area (Å²) < 4.78 is 124. The highest BCUT2D eigenvalue weighted by Gasteiger charge is 2.46. The van der Waals surface area contributed by atoms with Crippen LogP contribution in [0.25, 0.3) is 22.2 Å². The van der Waals surface area contributed by atoms with Crippen LogP contribution in [0.3, 0.4) is 0 Å². The van der Waals surface area contributed by atoms with Gasteiger partial charge in [0.25, 0.3) is 5.91 Å². The standard InChI is InChI=1S/C33H26F8N4O5/c34-21-13-17(45-10-11-49-15-25(45)32(36,37)38)14-22(35)26(21)30(46)44-23(31(47)48)12-16-3-6-20(28-19(16)2-1-8-42-28)29-27(33(39,40)41)24(7-9-43-29)50-18-4-5-18/h1-3,6-9,13-14,18,23,25H,4-5,10-12,15H2,(H,44,46)(H,47,48)/t23-,25+/m0/s1. The molecule has 2 atom stereocenters. The molecular weight excluding hydrogens is 684 g/mol. The summed E-state index contributed by atoms with van der Waals surface area (Å²) in [6.45, 7) is -1.27. The van der Waals surface area contributed by atoms with Crippen LogP contribution in [-0.2, 0) is 22.1 Å². The molecule has 0 radical (unpaired) electrons. The predicted octanol–water partition coefficient (Wildman–Crippen LogP) is 6.33. The smallest absolute Gasteiger partial charge is 0.422 e. The Morgan fingerprint density at radius 3 is 2.38 bits per heavy atom. The zero-order valence-corrected chi connectivity index (χ0v) is 25.6. The second-order valence-electron chi connectivity index (χ2n) is 11.7. The van der Waals surface area contributed by atoms with E-state index in [1.165, 1.54) is 36.7 Å². The molecule has 1 saturated carbocycles. The van der Waals surface area contributed by atoms with Gasteiger partial charge in [0.2, 0.25) is 0 Å². The van der Waals surface area contributed by atoms with Gasteiger partial charge in [0.15, 0.2) is 0 Å². The van der Waals surface area contributed by atoms with Crippen LogP contribution in [-0.4, -0.2) is 71.1 Å². The van der Waals surface area contributed by atoms with Crippen LogP contribution >= 0.6 is 0 Å². The zero-order chi connectivity index (χ0) is 36.0. The molecule has 17 heteroatoms. The first kappa shape index (κ1) is 34.8. The number of anilines is 1. The van der Waals surface area contributed by atoms with Crippen molar-refractivity contribution in [1.82, 2.24) is 15.3 Å². The molecule has 4 aromatic rings. The van der Waals surface area contributed by atoms with Crippen LogP contribution < -0.4 is 15.0 Å². The number of ether oxygens (including phenoxy) is 2. The molecule has 0 unspecified atom stereocenters. The van der Waals surface area contributed by atoms with Gasteiger partial charge in [0, 0.05) is 42.0 Å². The molecule has 3 heterocycles. The van der Waals surface area contributed by atoms with Crippen molar-refractivity contribution < 1.29 is 59.3 Å². The number of pyridine rings is 2. The molecule has 2 aromatic heterocycles. The number of alkyl halides is 6. The van der Waals surface area contributed by atoms with Gasteiger partial charge < -0.3 is 24.8 Å². The highest BCUT2D eigenvalue weighted by atomic mass is 19.4. The van der Waals surface area contributed by atoms with Crippen molar-refractivity contribution in [2.75, 3.05) is 24.7 Å². The minimum atomic E-state index is -4.86. The summed E-state index contributed by atoms with van der Waals surface area (Å²) in [6, 6.07) is 3.72. The number of carbonyl (C=O) groups excluding carboxylic acids is 1. The Bertz CT molecular complexity index is 1930. The fourth-order valence-corrected chi connectivity index (χ4v) is 5.76. The van der Waals surface area contributed by atoms with E-state index in [2.05, 4.69) is 9.97 Å². The lowest BCUT2D eigenvalue weighted by Crippen LogP contribution is -2.53. The first-order valence-electron chi connectivity index (χ1n) is 15.2. The molecule has 0 bridgehead atoms. The Morgan fingerprint density at radius 1 is 1.02 bits per heavy atom. The molecule has 1 saturated heterocycles. The Hall–Kier alpha value is -5.06. The number of halogens is 8. The number of hydrogen-bond acceptors (Lipinski definition) is 7. The lowest BCUT2D eigenvalue weighted by molar-refractivity contribution is -0.167. The van der Waals surface area contributed by atoms with E-state index >= 15 is 8.78 Å². The van der Waals surface area contributed by atoms with Gasteiger partial charge in [0.05, 0.1) is 30.5 Å². The Balaban J connectivity index is 1.29. The molecule has 2 N–H and O–H groups in total. The minimum absolute atomic E-state index is 0.0231. The van der Waals surface area contributed by atoms with Crippen molar-refractivity contribution in [2.24, 2.45) is 0 Å². The van der Waals surface area contributed by atoms with Crippen LogP contribution in [0, 0.1) is 11.6 Å². The van der Waals surface area contributed by atoms with Crippen molar-refractivity contribution in [2.45, 2.75) is 49.8 Å². The molecule has 0 spiro atoms. The number of hydrogen-bond donors (Lipinski definition) is 2. The molecule has 6 rings (SSSR count). The van der Waals surface area contributed by atoms with Gasteiger partial charge in [-0.15, -0.1) is 0 Å². The number of carbonyl (C=O) groups is 2. The Kier molecular flexibility index (Phi) is 9.28. The maximum absolute atomic E-state index is 15.2. The molecule has 50 heavy (non-hydrogen) atoms. The lowest BCUT2D eigenvalue weighted by Gasteiger charge is -2.38. The number of aromatic nitrogens is 2. The summed E-state index contributed by atoms with van der Waals surface area (Å²) in [7, 11) is 0. The molecule has 1 aliphatic carbocycles. The molecule has 9 nitrogen and oxygen atoms in total. The van der Waals surface area contributed by atoms with Gasteiger partial charge in [-0.25, -0.2) is 13.6 Å².